The lowest BCUT2D eigenvalue weighted by molar-refractivity contribution is -0.116. The molecule has 1 saturated heterocycles. The van der Waals surface area contributed by atoms with Crippen molar-refractivity contribution in [1.82, 2.24) is 9.47 Å². The first kappa shape index (κ1) is 22.5. The Hall–Kier alpha value is -3.74. The van der Waals surface area contributed by atoms with Crippen molar-refractivity contribution in [3.63, 3.8) is 0 Å². The molecule has 6 nitrogen and oxygen atoms in total. The molecule has 2 aromatic carbocycles. The van der Waals surface area contributed by atoms with E-state index in [-0.39, 0.29) is 24.1 Å². The monoisotopic (exact) mass is 447 g/mol. The molecule has 0 spiro atoms. The summed E-state index contributed by atoms with van der Waals surface area (Å²) in [6, 6.07) is 14.6. The maximum absolute atomic E-state index is 13.3. The van der Waals surface area contributed by atoms with Crippen LogP contribution >= 0.6 is 0 Å². The Bertz CT molecular complexity index is 1250. The number of rotatable bonds is 5. The number of nitrogens with zero attached hydrogens (tertiary/aromatic N) is 2. The van der Waals surface area contributed by atoms with Crippen LogP contribution in [0.2, 0.25) is 0 Å². The fourth-order valence-electron chi connectivity index (χ4n) is 4.20. The molecule has 0 saturated carbocycles. The van der Waals surface area contributed by atoms with E-state index in [2.05, 4.69) is 24.4 Å². The molecule has 0 radical (unpaired) electrons. The van der Waals surface area contributed by atoms with Gasteiger partial charge in [-0.05, 0) is 79.8 Å². The number of benzene rings is 2. The van der Waals surface area contributed by atoms with Crippen molar-refractivity contribution >= 4 is 17.5 Å². The highest BCUT2D eigenvalue weighted by Crippen LogP contribution is 2.33. The summed E-state index contributed by atoms with van der Waals surface area (Å²) in [5.74, 6) is -1.17. The van der Waals surface area contributed by atoms with Gasteiger partial charge in [-0.3, -0.25) is 14.4 Å². The van der Waals surface area contributed by atoms with Crippen LogP contribution in [-0.2, 0) is 11.3 Å². The second kappa shape index (κ2) is 9.40. The largest absolute Gasteiger partial charge is 0.331 e. The normalized spacial score (nSPS) is 15.5. The quantitative estimate of drug-likeness (QED) is 0.637. The maximum Gasteiger partial charge on any atom is 0.263 e. The summed E-state index contributed by atoms with van der Waals surface area (Å²) >= 11 is 0. The molecular formula is C26H26FN3O3. The van der Waals surface area contributed by atoms with Gasteiger partial charge in [0.25, 0.3) is 11.5 Å². The van der Waals surface area contributed by atoms with Gasteiger partial charge in [-0.1, -0.05) is 18.2 Å². The van der Waals surface area contributed by atoms with Crippen LogP contribution in [0.1, 0.15) is 45.9 Å². The van der Waals surface area contributed by atoms with Crippen molar-refractivity contribution in [2.45, 2.75) is 39.3 Å². The lowest BCUT2D eigenvalue weighted by atomic mass is 9.99. The van der Waals surface area contributed by atoms with Crippen LogP contribution in [0.25, 0.3) is 0 Å². The number of amides is 2. The Morgan fingerprint density at radius 2 is 1.82 bits per heavy atom. The van der Waals surface area contributed by atoms with Crippen molar-refractivity contribution in [3.8, 4) is 0 Å². The second-order valence-electron chi connectivity index (χ2n) is 8.41. The molecular weight excluding hydrogens is 421 g/mol. The number of aryl methyl sites for hydroxylation is 2. The van der Waals surface area contributed by atoms with E-state index in [1.165, 1.54) is 52.2 Å². The van der Waals surface area contributed by atoms with Crippen LogP contribution in [0, 0.1) is 19.7 Å². The maximum atomic E-state index is 13.3. The number of aromatic nitrogens is 1. The first-order valence-corrected chi connectivity index (χ1v) is 11.0. The molecule has 1 atom stereocenters. The lowest BCUT2D eigenvalue weighted by Crippen LogP contribution is -2.37. The van der Waals surface area contributed by atoms with E-state index in [0.29, 0.717) is 12.2 Å². The third kappa shape index (κ3) is 4.87. The molecule has 2 heterocycles. The van der Waals surface area contributed by atoms with Gasteiger partial charge in [-0.25, -0.2) is 4.39 Å². The molecule has 1 aliphatic heterocycles. The highest BCUT2D eigenvalue weighted by Gasteiger charge is 2.32. The lowest BCUT2D eigenvalue weighted by Gasteiger charge is -2.25. The zero-order valence-electron chi connectivity index (χ0n) is 18.7. The van der Waals surface area contributed by atoms with E-state index >= 15 is 0 Å². The van der Waals surface area contributed by atoms with E-state index in [1.807, 2.05) is 13.0 Å². The van der Waals surface area contributed by atoms with Gasteiger partial charge in [-0.15, -0.1) is 0 Å². The van der Waals surface area contributed by atoms with Crippen molar-refractivity contribution in [2.75, 3.05) is 11.9 Å². The van der Waals surface area contributed by atoms with Crippen LogP contribution in [0.15, 0.2) is 65.6 Å². The number of anilines is 1. The van der Waals surface area contributed by atoms with Gasteiger partial charge in [0.05, 0.1) is 6.04 Å². The zero-order chi connectivity index (χ0) is 23.5. The zero-order valence-corrected chi connectivity index (χ0v) is 18.7. The molecule has 1 fully saturated rings. The molecule has 0 unspecified atom stereocenters. The minimum Gasteiger partial charge on any atom is -0.331 e. The highest BCUT2D eigenvalue weighted by molar-refractivity contribution is 5.94. The van der Waals surface area contributed by atoms with Crippen LogP contribution in [0.5, 0.6) is 0 Å². The van der Waals surface area contributed by atoms with E-state index in [4.69, 9.17) is 0 Å². The Morgan fingerprint density at radius 1 is 1.06 bits per heavy atom. The number of hydrogen-bond donors (Lipinski definition) is 1. The van der Waals surface area contributed by atoms with Crippen molar-refractivity contribution in [3.05, 3.63) is 99.2 Å². The average Bonchev–Trinajstić information content (AvgIpc) is 3.28. The summed E-state index contributed by atoms with van der Waals surface area (Å²) in [5.41, 5.74) is 3.39. The second-order valence-corrected chi connectivity index (χ2v) is 8.41. The molecule has 33 heavy (non-hydrogen) atoms. The van der Waals surface area contributed by atoms with E-state index in [1.54, 1.807) is 11.0 Å². The molecule has 4 rings (SSSR count). The molecule has 170 valence electrons. The van der Waals surface area contributed by atoms with Crippen LogP contribution < -0.4 is 10.9 Å². The third-order valence-electron chi connectivity index (χ3n) is 6.12. The van der Waals surface area contributed by atoms with Gasteiger partial charge < -0.3 is 14.8 Å². The van der Waals surface area contributed by atoms with Gasteiger partial charge >= 0.3 is 0 Å². The summed E-state index contributed by atoms with van der Waals surface area (Å²) < 4.78 is 14.3. The number of pyridine rings is 1. The van der Waals surface area contributed by atoms with Crippen LogP contribution in [-0.4, -0.2) is 27.8 Å². The van der Waals surface area contributed by atoms with Crippen molar-refractivity contribution in [1.29, 1.82) is 0 Å². The number of halogens is 1. The van der Waals surface area contributed by atoms with Crippen LogP contribution in [0.4, 0.5) is 10.1 Å². The Labute approximate surface area is 191 Å². The topological polar surface area (TPSA) is 71.4 Å². The molecule has 2 amide bonds. The number of likely N-dealkylation sites (tertiary alicyclic amines) is 1. The van der Waals surface area contributed by atoms with Crippen molar-refractivity contribution < 1.29 is 14.0 Å². The molecule has 1 aliphatic rings. The first-order chi connectivity index (χ1) is 15.8. The number of carbonyl (C=O) groups is 2. The predicted octanol–water partition coefficient (Wildman–Crippen LogP) is 4.22. The molecule has 7 heteroatoms. The SMILES string of the molecule is Cc1ccc([C@@H]2CCCN2C(=O)c2cccn(CC(=O)Nc3ccc(F)cc3)c2=O)cc1C. The molecule has 1 aromatic heterocycles. The van der Waals surface area contributed by atoms with E-state index in [9.17, 15) is 18.8 Å². The van der Waals surface area contributed by atoms with Gasteiger partial charge in [0.1, 0.15) is 17.9 Å². The summed E-state index contributed by atoms with van der Waals surface area (Å²) in [4.78, 5) is 40.5. The van der Waals surface area contributed by atoms with Crippen molar-refractivity contribution in [2.24, 2.45) is 0 Å². The smallest absolute Gasteiger partial charge is 0.263 e. The number of carbonyl (C=O) groups excluding carboxylic acids is 2. The fourth-order valence-corrected chi connectivity index (χ4v) is 4.20. The average molecular weight is 448 g/mol. The standard InChI is InChI=1S/C26H26FN3O3/c1-17-7-8-19(15-18(17)2)23-6-4-14-30(23)26(33)22-5-3-13-29(25(22)32)16-24(31)28-21-11-9-20(27)10-12-21/h3,5,7-13,15,23H,4,6,14,16H2,1-2H3,(H,28,31)/t23-/m0/s1. The van der Waals surface area contributed by atoms with E-state index in [0.717, 1.165) is 18.4 Å². The minimum absolute atomic E-state index is 0.0443. The molecule has 3 aromatic rings. The highest BCUT2D eigenvalue weighted by atomic mass is 19.1. The summed E-state index contributed by atoms with van der Waals surface area (Å²) in [5, 5.41) is 2.63. The van der Waals surface area contributed by atoms with E-state index < -0.39 is 17.3 Å². The summed E-state index contributed by atoms with van der Waals surface area (Å²) in [7, 11) is 0. The Kier molecular flexibility index (Phi) is 6.40. The predicted molar refractivity (Wildman–Crippen MR) is 125 cm³/mol. The van der Waals surface area contributed by atoms with Crippen LogP contribution in [0.3, 0.4) is 0 Å². The fraction of sp³-hybridized carbons (Fsp3) is 0.269. The minimum atomic E-state index is -0.512. The number of hydrogen-bond acceptors (Lipinski definition) is 3. The van der Waals surface area contributed by atoms with Gasteiger partial charge in [0.15, 0.2) is 0 Å². The van der Waals surface area contributed by atoms with Gasteiger partial charge in [0, 0.05) is 18.4 Å². The summed E-state index contributed by atoms with van der Waals surface area (Å²) in [6.45, 7) is 4.43. The molecule has 1 N–H and O–H groups in total. The Morgan fingerprint density at radius 3 is 2.55 bits per heavy atom. The summed E-state index contributed by atoms with van der Waals surface area (Å²) in [6.07, 6.45) is 3.19. The third-order valence-corrected chi connectivity index (χ3v) is 6.12. The van der Waals surface area contributed by atoms with Gasteiger partial charge in [-0.2, -0.15) is 0 Å². The van der Waals surface area contributed by atoms with Gasteiger partial charge in [0.2, 0.25) is 5.91 Å². The Balaban J connectivity index is 1.53. The molecule has 0 aliphatic carbocycles. The molecule has 0 bridgehead atoms. The number of nitrogens with one attached hydrogen (secondary N) is 1. The first-order valence-electron chi connectivity index (χ1n) is 11.0.